The Morgan fingerprint density at radius 3 is 2.94 bits per heavy atom. The Hall–Kier alpha value is -1.66. The van der Waals surface area contributed by atoms with Gasteiger partial charge in [0.1, 0.15) is 11.3 Å². The number of fused-ring (bicyclic) bond motifs is 1. The zero-order valence-electron chi connectivity index (χ0n) is 8.98. The molecule has 1 aromatic carbocycles. The number of hydrogen-bond acceptors (Lipinski definition) is 5. The van der Waals surface area contributed by atoms with Gasteiger partial charge in [-0.2, -0.15) is 0 Å². The fourth-order valence-electron chi connectivity index (χ4n) is 1.61. The minimum atomic E-state index is -0.523. The maximum Gasteiger partial charge on any atom is 0.201 e. The van der Waals surface area contributed by atoms with Crippen molar-refractivity contribution < 1.29 is 8.81 Å². The molecule has 0 spiro atoms. The number of anilines is 1. The van der Waals surface area contributed by atoms with E-state index < -0.39 is 5.82 Å². The molecule has 0 unspecified atom stereocenters. The van der Waals surface area contributed by atoms with Crippen molar-refractivity contribution in [2.24, 2.45) is 0 Å². The third-order valence-corrected chi connectivity index (χ3v) is 3.39. The van der Waals surface area contributed by atoms with Gasteiger partial charge in [0.2, 0.25) is 5.89 Å². The third kappa shape index (κ3) is 2.04. The van der Waals surface area contributed by atoms with E-state index in [1.165, 1.54) is 23.5 Å². The van der Waals surface area contributed by atoms with Crippen LogP contribution < -0.4 is 5.73 Å². The summed E-state index contributed by atoms with van der Waals surface area (Å²) in [6, 6.07) is 2.66. The van der Waals surface area contributed by atoms with Crippen LogP contribution in [0.3, 0.4) is 0 Å². The number of rotatable bonds is 2. The number of benzene rings is 1. The number of aromatic nitrogens is 2. The Morgan fingerprint density at radius 1 is 1.39 bits per heavy atom. The summed E-state index contributed by atoms with van der Waals surface area (Å²) >= 11 is 7.03. The van der Waals surface area contributed by atoms with Gasteiger partial charge in [0, 0.05) is 11.4 Å². The minimum Gasteiger partial charge on any atom is -0.440 e. The molecule has 92 valence electrons. The Balaban J connectivity index is 1.98. The SMILES string of the molecule is Nc1nc(Cc2nc3cc(Cl)c(F)cc3o2)cs1. The number of hydrogen-bond donors (Lipinski definition) is 1. The number of nitrogens with two attached hydrogens (primary N) is 1. The Labute approximate surface area is 110 Å². The van der Waals surface area contributed by atoms with Gasteiger partial charge in [-0.05, 0) is 6.07 Å². The molecule has 0 fully saturated rings. The van der Waals surface area contributed by atoms with E-state index in [1.54, 1.807) is 0 Å². The molecule has 0 radical (unpaired) electrons. The standard InChI is InChI=1S/C11H7ClFN3OS/c12-6-2-8-9(3-7(6)13)17-10(16-8)1-5-4-18-11(14)15-5/h2-4H,1H2,(H2,14,15). The molecular weight excluding hydrogens is 277 g/mol. The molecular formula is C11H7ClFN3OS. The minimum absolute atomic E-state index is 0.0280. The van der Waals surface area contributed by atoms with Crippen LogP contribution in [0.5, 0.6) is 0 Å². The maximum absolute atomic E-state index is 13.2. The summed E-state index contributed by atoms with van der Waals surface area (Å²) in [5.74, 6) is -0.0678. The zero-order chi connectivity index (χ0) is 12.7. The second-order valence-electron chi connectivity index (χ2n) is 3.70. The lowest BCUT2D eigenvalue weighted by Crippen LogP contribution is -1.89. The largest absolute Gasteiger partial charge is 0.440 e. The lowest BCUT2D eigenvalue weighted by molar-refractivity contribution is 0.538. The van der Waals surface area contributed by atoms with Crippen LogP contribution in [0.1, 0.15) is 11.6 Å². The molecule has 7 heteroatoms. The van der Waals surface area contributed by atoms with E-state index in [0.29, 0.717) is 28.5 Å². The van der Waals surface area contributed by atoms with Crippen molar-refractivity contribution in [2.45, 2.75) is 6.42 Å². The number of nitrogens with zero attached hydrogens (tertiary/aromatic N) is 2. The molecule has 0 saturated carbocycles. The molecule has 18 heavy (non-hydrogen) atoms. The van der Waals surface area contributed by atoms with Gasteiger partial charge in [0.15, 0.2) is 10.7 Å². The van der Waals surface area contributed by atoms with Gasteiger partial charge in [-0.1, -0.05) is 11.6 Å². The van der Waals surface area contributed by atoms with Crippen LogP contribution in [0.4, 0.5) is 9.52 Å². The second-order valence-corrected chi connectivity index (χ2v) is 4.99. The Kier molecular flexibility index (Phi) is 2.68. The van der Waals surface area contributed by atoms with E-state index in [9.17, 15) is 4.39 Å². The smallest absolute Gasteiger partial charge is 0.201 e. The Morgan fingerprint density at radius 2 is 2.22 bits per heavy atom. The van der Waals surface area contributed by atoms with E-state index in [4.69, 9.17) is 21.8 Å². The van der Waals surface area contributed by atoms with E-state index >= 15 is 0 Å². The summed E-state index contributed by atoms with van der Waals surface area (Å²) in [6.07, 6.45) is 0.418. The normalized spacial score (nSPS) is 11.2. The van der Waals surface area contributed by atoms with E-state index in [-0.39, 0.29) is 5.02 Å². The number of halogens is 2. The van der Waals surface area contributed by atoms with Gasteiger partial charge >= 0.3 is 0 Å². The summed E-state index contributed by atoms with van der Waals surface area (Å²) in [7, 11) is 0. The molecule has 0 bridgehead atoms. The van der Waals surface area contributed by atoms with Crippen molar-refractivity contribution in [2.75, 3.05) is 5.73 Å². The molecule has 2 N–H and O–H groups in total. The van der Waals surface area contributed by atoms with Crippen LogP contribution in [-0.2, 0) is 6.42 Å². The molecule has 2 heterocycles. The van der Waals surface area contributed by atoms with E-state index in [0.717, 1.165) is 5.69 Å². The molecule has 2 aromatic heterocycles. The van der Waals surface area contributed by atoms with Gasteiger partial charge < -0.3 is 10.2 Å². The van der Waals surface area contributed by atoms with Gasteiger partial charge in [0.05, 0.1) is 17.1 Å². The molecule has 0 aliphatic heterocycles. The highest BCUT2D eigenvalue weighted by molar-refractivity contribution is 7.13. The maximum atomic E-state index is 13.2. The predicted octanol–water partition coefficient (Wildman–Crippen LogP) is 3.25. The first-order valence-corrected chi connectivity index (χ1v) is 6.32. The first-order chi connectivity index (χ1) is 8.61. The average molecular weight is 284 g/mol. The van der Waals surface area contributed by atoms with Gasteiger partial charge in [-0.3, -0.25) is 0 Å². The Bertz CT molecular complexity index is 685. The van der Waals surface area contributed by atoms with Crippen molar-refractivity contribution >= 4 is 39.2 Å². The van der Waals surface area contributed by atoms with Crippen LogP contribution in [0.15, 0.2) is 21.9 Å². The second kappa shape index (κ2) is 4.22. The summed E-state index contributed by atoms with van der Waals surface area (Å²) in [5.41, 5.74) is 7.21. The highest BCUT2D eigenvalue weighted by Gasteiger charge is 2.11. The first-order valence-electron chi connectivity index (χ1n) is 5.06. The highest BCUT2D eigenvalue weighted by Crippen LogP contribution is 2.24. The van der Waals surface area contributed by atoms with Crippen molar-refractivity contribution in [3.8, 4) is 0 Å². The molecule has 0 aliphatic rings. The van der Waals surface area contributed by atoms with Gasteiger partial charge in [0.25, 0.3) is 0 Å². The van der Waals surface area contributed by atoms with E-state index in [1.807, 2.05) is 5.38 Å². The van der Waals surface area contributed by atoms with Crippen LogP contribution in [-0.4, -0.2) is 9.97 Å². The molecule has 0 saturated heterocycles. The lowest BCUT2D eigenvalue weighted by atomic mass is 10.3. The summed E-state index contributed by atoms with van der Waals surface area (Å²) in [6.45, 7) is 0. The highest BCUT2D eigenvalue weighted by atomic mass is 35.5. The van der Waals surface area contributed by atoms with Crippen LogP contribution in [0.25, 0.3) is 11.1 Å². The number of nitrogen functional groups attached to an aromatic ring is 1. The van der Waals surface area contributed by atoms with Crippen LogP contribution in [0.2, 0.25) is 5.02 Å². The summed E-state index contributed by atoms with van der Waals surface area (Å²) in [4.78, 5) is 8.33. The van der Waals surface area contributed by atoms with Crippen molar-refractivity contribution in [3.05, 3.63) is 39.9 Å². The van der Waals surface area contributed by atoms with Crippen molar-refractivity contribution in [3.63, 3.8) is 0 Å². The summed E-state index contributed by atoms with van der Waals surface area (Å²) in [5, 5.41) is 2.35. The van der Waals surface area contributed by atoms with Gasteiger partial charge in [-0.15, -0.1) is 11.3 Å². The molecule has 0 atom stereocenters. The molecule has 0 aliphatic carbocycles. The zero-order valence-corrected chi connectivity index (χ0v) is 10.6. The fourth-order valence-corrected chi connectivity index (χ4v) is 2.33. The monoisotopic (exact) mass is 283 g/mol. The van der Waals surface area contributed by atoms with Gasteiger partial charge in [-0.25, -0.2) is 14.4 Å². The average Bonchev–Trinajstić information content (AvgIpc) is 2.86. The summed E-state index contributed by atoms with van der Waals surface area (Å²) < 4.78 is 18.7. The van der Waals surface area contributed by atoms with Crippen molar-refractivity contribution in [1.29, 1.82) is 0 Å². The fraction of sp³-hybridized carbons (Fsp3) is 0.0909. The van der Waals surface area contributed by atoms with Crippen LogP contribution >= 0.6 is 22.9 Å². The molecule has 4 nitrogen and oxygen atoms in total. The van der Waals surface area contributed by atoms with Crippen LogP contribution in [0, 0.1) is 5.82 Å². The van der Waals surface area contributed by atoms with Crippen molar-refractivity contribution in [1.82, 2.24) is 9.97 Å². The predicted molar refractivity (Wildman–Crippen MR) is 68.3 cm³/mol. The lowest BCUT2D eigenvalue weighted by Gasteiger charge is -1.90. The molecule has 3 aromatic rings. The first kappa shape index (κ1) is 11.4. The molecule has 0 amide bonds. The number of oxazole rings is 1. The third-order valence-electron chi connectivity index (χ3n) is 2.38. The topological polar surface area (TPSA) is 64.9 Å². The molecule has 3 rings (SSSR count). The number of thiazole rings is 1. The van der Waals surface area contributed by atoms with E-state index in [2.05, 4.69) is 9.97 Å². The quantitative estimate of drug-likeness (QED) is 0.784.